The number of aryl methyl sites for hydroxylation is 3. The summed E-state index contributed by atoms with van der Waals surface area (Å²) in [5.41, 5.74) is 3.22. The number of nitrogens with one attached hydrogen (secondary N) is 1. The molecule has 8 heteroatoms. The molecule has 1 fully saturated rings. The third-order valence-electron chi connectivity index (χ3n) is 6.14. The first-order chi connectivity index (χ1) is 16.0. The van der Waals surface area contributed by atoms with Crippen LogP contribution in [-0.2, 0) is 17.9 Å². The molecule has 3 heterocycles. The van der Waals surface area contributed by atoms with Crippen LogP contribution >= 0.6 is 0 Å². The van der Waals surface area contributed by atoms with E-state index in [0.717, 1.165) is 30.6 Å². The van der Waals surface area contributed by atoms with Gasteiger partial charge in [-0.1, -0.05) is 30.3 Å². The molecule has 2 aromatic heterocycles. The van der Waals surface area contributed by atoms with Crippen molar-refractivity contribution in [3.05, 3.63) is 77.1 Å². The summed E-state index contributed by atoms with van der Waals surface area (Å²) in [6, 6.07) is 11.7. The fourth-order valence-corrected chi connectivity index (χ4v) is 4.19. The van der Waals surface area contributed by atoms with Crippen molar-refractivity contribution in [3.63, 3.8) is 0 Å². The summed E-state index contributed by atoms with van der Waals surface area (Å²) in [5.74, 6) is 0.724. The average molecular weight is 447 g/mol. The molecule has 1 aliphatic rings. The molecule has 1 unspecified atom stereocenters. The first kappa shape index (κ1) is 22.6. The Balaban J connectivity index is 1.35. The Kier molecular flexibility index (Phi) is 7.12. The number of carbonyl (C=O) groups excluding carboxylic acids is 2. The van der Waals surface area contributed by atoms with E-state index >= 15 is 0 Å². The Morgan fingerprint density at radius 1 is 1.15 bits per heavy atom. The van der Waals surface area contributed by atoms with Crippen LogP contribution in [0.5, 0.6) is 0 Å². The summed E-state index contributed by atoms with van der Waals surface area (Å²) in [6.45, 7) is 6.22. The molecular weight excluding hydrogens is 416 g/mol. The highest BCUT2D eigenvalue weighted by molar-refractivity contribution is 5.94. The number of aromatic nitrogens is 4. The van der Waals surface area contributed by atoms with Gasteiger partial charge < -0.3 is 10.2 Å². The number of hydrogen-bond donors (Lipinski definition) is 1. The molecule has 1 saturated heterocycles. The van der Waals surface area contributed by atoms with E-state index in [2.05, 4.69) is 20.4 Å². The molecule has 4 rings (SSSR count). The summed E-state index contributed by atoms with van der Waals surface area (Å²) in [6.07, 6.45) is 5.64. The van der Waals surface area contributed by atoms with Crippen LogP contribution in [-0.4, -0.2) is 49.6 Å². The summed E-state index contributed by atoms with van der Waals surface area (Å²) in [4.78, 5) is 36.4. The van der Waals surface area contributed by atoms with Crippen molar-refractivity contribution >= 4 is 11.8 Å². The number of piperidine rings is 1. The van der Waals surface area contributed by atoms with Crippen LogP contribution in [0.3, 0.4) is 0 Å². The van der Waals surface area contributed by atoms with E-state index in [9.17, 15) is 9.59 Å². The lowest BCUT2D eigenvalue weighted by molar-refractivity contribution is -0.132. The second kappa shape index (κ2) is 10.4. The Hall–Kier alpha value is -3.55. The van der Waals surface area contributed by atoms with Crippen LogP contribution in [0.1, 0.15) is 58.3 Å². The number of hydrogen-bond acceptors (Lipinski definition) is 5. The van der Waals surface area contributed by atoms with Crippen LogP contribution in [0.25, 0.3) is 0 Å². The largest absolute Gasteiger partial charge is 0.348 e. The fraction of sp³-hybridized carbons (Fsp3) is 0.400. The maximum atomic E-state index is 12.8. The number of carbonyl (C=O) groups is 2. The smallest absolute Gasteiger partial charge is 0.254 e. The van der Waals surface area contributed by atoms with E-state index in [0.29, 0.717) is 43.1 Å². The number of rotatable bonds is 7. The van der Waals surface area contributed by atoms with E-state index in [1.165, 1.54) is 0 Å². The van der Waals surface area contributed by atoms with Gasteiger partial charge in [0.05, 0.1) is 11.3 Å². The Bertz CT molecular complexity index is 1110. The lowest BCUT2D eigenvalue weighted by Crippen LogP contribution is -2.40. The zero-order valence-corrected chi connectivity index (χ0v) is 19.2. The van der Waals surface area contributed by atoms with Crippen LogP contribution in [0.15, 0.2) is 48.8 Å². The lowest BCUT2D eigenvalue weighted by Gasteiger charge is -2.32. The fourth-order valence-electron chi connectivity index (χ4n) is 4.19. The Morgan fingerprint density at radius 3 is 2.70 bits per heavy atom. The molecule has 3 aromatic rings. The number of nitrogens with zero attached hydrogens (tertiary/aromatic N) is 5. The van der Waals surface area contributed by atoms with Gasteiger partial charge in [0.25, 0.3) is 5.91 Å². The van der Waals surface area contributed by atoms with Crippen molar-refractivity contribution in [3.8, 4) is 0 Å². The topological polar surface area (TPSA) is 93.0 Å². The highest BCUT2D eigenvalue weighted by atomic mass is 16.2. The van der Waals surface area contributed by atoms with Crippen LogP contribution in [0.4, 0.5) is 0 Å². The van der Waals surface area contributed by atoms with Crippen molar-refractivity contribution in [1.82, 2.24) is 30.0 Å². The van der Waals surface area contributed by atoms with Gasteiger partial charge in [0.15, 0.2) is 0 Å². The summed E-state index contributed by atoms with van der Waals surface area (Å²) in [7, 11) is 0. The van der Waals surface area contributed by atoms with Gasteiger partial charge in [0.2, 0.25) is 5.91 Å². The monoisotopic (exact) mass is 446 g/mol. The number of amides is 2. The molecule has 0 bridgehead atoms. The maximum absolute atomic E-state index is 12.8. The third kappa shape index (κ3) is 5.63. The third-order valence-corrected chi connectivity index (χ3v) is 6.14. The predicted octanol–water partition coefficient (Wildman–Crippen LogP) is 3.02. The molecule has 0 spiro atoms. The van der Waals surface area contributed by atoms with Gasteiger partial charge in [0, 0.05) is 56.6 Å². The molecule has 1 aliphatic heterocycles. The normalized spacial score (nSPS) is 15.9. The van der Waals surface area contributed by atoms with Crippen molar-refractivity contribution in [2.75, 3.05) is 13.1 Å². The van der Waals surface area contributed by atoms with Gasteiger partial charge in [-0.15, -0.1) is 0 Å². The number of likely N-dealkylation sites (tertiary alicyclic amines) is 1. The zero-order valence-electron chi connectivity index (χ0n) is 19.2. The minimum Gasteiger partial charge on any atom is -0.348 e. The molecule has 1 N–H and O–H groups in total. The second-order valence-electron chi connectivity index (χ2n) is 8.52. The number of benzene rings is 1. The highest BCUT2D eigenvalue weighted by Crippen LogP contribution is 2.25. The van der Waals surface area contributed by atoms with Crippen LogP contribution in [0, 0.1) is 13.8 Å². The van der Waals surface area contributed by atoms with Crippen molar-refractivity contribution < 1.29 is 9.59 Å². The summed E-state index contributed by atoms with van der Waals surface area (Å²) >= 11 is 0. The van der Waals surface area contributed by atoms with Gasteiger partial charge in [-0.05, 0) is 38.3 Å². The second-order valence-corrected chi connectivity index (χ2v) is 8.52. The van der Waals surface area contributed by atoms with Gasteiger partial charge in [-0.2, -0.15) is 5.10 Å². The van der Waals surface area contributed by atoms with E-state index in [1.807, 2.05) is 59.8 Å². The highest BCUT2D eigenvalue weighted by Gasteiger charge is 2.27. The quantitative estimate of drug-likeness (QED) is 0.602. The molecule has 0 saturated carbocycles. The first-order valence-corrected chi connectivity index (χ1v) is 11.4. The molecule has 0 aliphatic carbocycles. The molecule has 33 heavy (non-hydrogen) atoms. The van der Waals surface area contributed by atoms with Crippen molar-refractivity contribution in [1.29, 1.82) is 0 Å². The molecule has 1 aromatic carbocycles. The molecular formula is C25H30N6O2. The van der Waals surface area contributed by atoms with Gasteiger partial charge >= 0.3 is 0 Å². The van der Waals surface area contributed by atoms with E-state index in [-0.39, 0.29) is 17.7 Å². The lowest BCUT2D eigenvalue weighted by atomic mass is 9.96. The van der Waals surface area contributed by atoms with Crippen LogP contribution in [0.2, 0.25) is 0 Å². The van der Waals surface area contributed by atoms with E-state index < -0.39 is 0 Å². The van der Waals surface area contributed by atoms with Gasteiger partial charge in [-0.25, -0.2) is 9.97 Å². The first-order valence-electron chi connectivity index (χ1n) is 11.4. The standard InChI is InChI=1S/C25H30N6O2/c1-18-10-12-28-31(18)14-11-23(32)30-13-6-9-21(17-30)24-26-16-22(19(2)29-24)25(33)27-15-20-7-4-3-5-8-20/h3-5,7-8,10,12,16,21H,6,9,11,13-15,17H2,1-2H3,(H,27,33). The summed E-state index contributed by atoms with van der Waals surface area (Å²) < 4.78 is 1.85. The predicted molar refractivity (Wildman–Crippen MR) is 125 cm³/mol. The Morgan fingerprint density at radius 2 is 1.97 bits per heavy atom. The zero-order chi connectivity index (χ0) is 23.2. The molecule has 2 amide bonds. The minimum absolute atomic E-state index is 0.0780. The molecule has 8 nitrogen and oxygen atoms in total. The van der Waals surface area contributed by atoms with Crippen LogP contribution < -0.4 is 5.32 Å². The minimum atomic E-state index is -0.183. The summed E-state index contributed by atoms with van der Waals surface area (Å²) in [5, 5.41) is 7.18. The van der Waals surface area contributed by atoms with Crippen molar-refractivity contribution in [2.24, 2.45) is 0 Å². The maximum Gasteiger partial charge on any atom is 0.254 e. The van der Waals surface area contributed by atoms with Crippen molar-refractivity contribution in [2.45, 2.75) is 52.1 Å². The molecule has 0 radical (unpaired) electrons. The SMILES string of the molecule is Cc1nc(C2CCCN(C(=O)CCn3nccc3C)C2)ncc1C(=O)NCc1ccccc1. The van der Waals surface area contributed by atoms with E-state index in [4.69, 9.17) is 0 Å². The molecule has 1 atom stereocenters. The van der Waals surface area contributed by atoms with E-state index in [1.54, 1.807) is 12.4 Å². The Labute approximate surface area is 194 Å². The van der Waals surface area contributed by atoms with Gasteiger partial charge in [-0.3, -0.25) is 14.3 Å². The van der Waals surface area contributed by atoms with Gasteiger partial charge in [0.1, 0.15) is 5.82 Å². The molecule has 172 valence electrons. The average Bonchev–Trinajstić information content (AvgIpc) is 3.26.